The maximum Gasteiger partial charge on any atom is 0.239 e. The Morgan fingerprint density at radius 1 is 1.21 bits per heavy atom. The van der Waals surface area contributed by atoms with Crippen LogP contribution in [0.15, 0.2) is 0 Å². The minimum Gasteiger partial charge on any atom is -0.355 e. The molecule has 0 spiro atoms. The van der Waals surface area contributed by atoms with Crippen molar-refractivity contribution >= 4 is 11.8 Å². The summed E-state index contributed by atoms with van der Waals surface area (Å²) in [4.78, 5) is 25.5. The molecule has 0 saturated carbocycles. The molecule has 5 nitrogen and oxygen atoms in total. The van der Waals surface area contributed by atoms with Crippen molar-refractivity contribution in [3.05, 3.63) is 0 Å². The van der Waals surface area contributed by atoms with E-state index in [0.29, 0.717) is 6.54 Å². The maximum atomic E-state index is 12.1. The Morgan fingerprint density at radius 3 is 2.53 bits per heavy atom. The lowest BCUT2D eigenvalue weighted by Gasteiger charge is -2.29. The summed E-state index contributed by atoms with van der Waals surface area (Å²) in [6.07, 6.45) is 5.46. The molecule has 1 rings (SSSR count). The summed E-state index contributed by atoms with van der Waals surface area (Å²) in [5.41, 5.74) is 0. The SMILES string of the molecule is CCCCNC(=O)CNC(C)C(=O)N1CCCCC1. The van der Waals surface area contributed by atoms with Crippen LogP contribution in [0.25, 0.3) is 0 Å². The smallest absolute Gasteiger partial charge is 0.239 e. The van der Waals surface area contributed by atoms with Crippen LogP contribution in [0.4, 0.5) is 0 Å². The zero-order chi connectivity index (χ0) is 14.1. The molecule has 0 bridgehead atoms. The summed E-state index contributed by atoms with van der Waals surface area (Å²) in [6.45, 7) is 6.55. The van der Waals surface area contributed by atoms with Crippen molar-refractivity contribution < 1.29 is 9.59 Å². The van der Waals surface area contributed by atoms with Crippen molar-refractivity contribution in [2.24, 2.45) is 0 Å². The highest BCUT2D eigenvalue weighted by Gasteiger charge is 2.21. The third-order valence-electron chi connectivity index (χ3n) is 3.46. The van der Waals surface area contributed by atoms with Crippen LogP contribution in [-0.2, 0) is 9.59 Å². The third kappa shape index (κ3) is 6.05. The predicted molar refractivity (Wildman–Crippen MR) is 75.8 cm³/mol. The highest BCUT2D eigenvalue weighted by molar-refractivity contribution is 5.83. The van der Waals surface area contributed by atoms with Gasteiger partial charge in [-0.3, -0.25) is 14.9 Å². The van der Waals surface area contributed by atoms with Gasteiger partial charge in [-0.2, -0.15) is 0 Å². The van der Waals surface area contributed by atoms with Gasteiger partial charge in [-0.05, 0) is 32.6 Å². The van der Waals surface area contributed by atoms with Gasteiger partial charge in [0.25, 0.3) is 0 Å². The number of nitrogens with one attached hydrogen (secondary N) is 2. The Hall–Kier alpha value is -1.10. The second-order valence-corrected chi connectivity index (χ2v) is 5.19. The first-order valence-electron chi connectivity index (χ1n) is 7.44. The predicted octanol–water partition coefficient (Wildman–Crippen LogP) is 0.893. The summed E-state index contributed by atoms with van der Waals surface area (Å²) in [7, 11) is 0. The fourth-order valence-corrected chi connectivity index (χ4v) is 2.19. The Bertz CT molecular complexity index is 288. The van der Waals surface area contributed by atoms with Crippen LogP contribution < -0.4 is 10.6 Å². The molecule has 0 aromatic rings. The first-order valence-corrected chi connectivity index (χ1v) is 7.44. The summed E-state index contributed by atoms with van der Waals surface area (Å²) in [5.74, 6) is 0.0767. The molecule has 110 valence electrons. The fourth-order valence-electron chi connectivity index (χ4n) is 2.19. The maximum absolute atomic E-state index is 12.1. The lowest BCUT2D eigenvalue weighted by molar-refractivity contribution is -0.134. The highest BCUT2D eigenvalue weighted by Crippen LogP contribution is 2.09. The van der Waals surface area contributed by atoms with Crippen molar-refractivity contribution in [2.75, 3.05) is 26.2 Å². The zero-order valence-electron chi connectivity index (χ0n) is 12.2. The molecule has 1 fully saturated rings. The standard InChI is InChI=1S/C14H27N3O2/c1-3-4-8-15-13(18)11-16-12(2)14(19)17-9-6-5-7-10-17/h12,16H,3-11H2,1-2H3,(H,15,18). The van der Waals surface area contributed by atoms with E-state index in [1.807, 2.05) is 11.8 Å². The Labute approximate surface area is 116 Å². The van der Waals surface area contributed by atoms with E-state index in [1.54, 1.807) is 0 Å². The molecule has 1 saturated heterocycles. The molecule has 0 aromatic carbocycles. The van der Waals surface area contributed by atoms with E-state index in [4.69, 9.17) is 0 Å². The minimum atomic E-state index is -0.282. The van der Waals surface area contributed by atoms with Crippen molar-refractivity contribution in [1.29, 1.82) is 0 Å². The van der Waals surface area contributed by atoms with Gasteiger partial charge in [0.2, 0.25) is 11.8 Å². The van der Waals surface area contributed by atoms with Crippen LogP contribution in [0.2, 0.25) is 0 Å². The van der Waals surface area contributed by atoms with Gasteiger partial charge in [-0.25, -0.2) is 0 Å². The summed E-state index contributed by atoms with van der Waals surface area (Å²) in [6, 6.07) is -0.282. The number of hydrogen-bond acceptors (Lipinski definition) is 3. The highest BCUT2D eigenvalue weighted by atomic mass is 16.2. The molecular formula is C14H27N3O2. The zero-order valence-corrected chi connectivity index (χ0v) is 12.2. The number of nitrogens with zero attached hydrogens (tertiary/aromatic N) is 1. The van der Waals surface area contributed by atoms with Crippen molar-refractivity contribution in [1.82, 2.24) is 15.5 Å². The molecule has 2 N–H and O–H groups in total. The average molecular weight is 269 g/mol. The minimum absolute atomic E-state index is 0.0354. The number of carbonyl (C=O) groups excluding carboxylic acids is 2. The molecule has 0 aliphatic carbocycles. The quantitative estimate of drug-likeness (QED) is 0.675. The van der Waals surface area contributed by atoms with E-state index in [2.05, 4.69) is 17.6 Å². The first-order chi connectivity index (χ1) is 9.15. The Morgan fingerprint density at radius 2 is 1.89 bits per heavy atom. The van der Waals surface area contributed by atoms with Crippen LogP contribution >= 0.6 is 0 Å². The van der Waals surface area contributed by atoms with Gasteiger partial charge < -0.3 is 10.2 Å². The van der Waals surface area contributed by atoms with Gasteiger partial charge in [0.1, 0.15) is 0 Å². The van der Waals surface area contributed by atoms with Crippen molar-refractivity contribution in [3.63, 3.8) is 0 Å². The van der Waals surface area contributed by atoms with Crippen molar-refractivity contribution in [3.8, 4) is 0 Å². The van der Waals surface area contributed by atoms with Crippen molar-refractivity contribution in [2.45, 2.75) is 52.0 Å². The molecule has 1 atom stereocenters. The largest absolute Gasteiger partial charge is 0.355 e. The lowest BCUT2D eigenvalue weighted by atomic mass is 10.1. The lowest BCUT2D eigenvalue weighted by Crippen LogP contribution is -2.49. The molecule has 2 amide bonds. The van der Waals surface area contributed by atoms with Gasteiger partial charge in [0.05, 0.1) is 12.6 Å². The summed E-state index contributed by atoms with van der Waals surface area (Å²) >= 11 is 0. The molecule has 1 aliphatic rings. The number of carbonyl (C=O) groups is 2. The number of unbranched alkanes of at least 4 members (excludes halogenated alkanes) is 1. The molecule has 1 aliphatic heterocycles. The molecule has 1 heterocycles. The van der Waals surface area contributed by atoms with E-state index >= 15 is 0 Å². The fraction of sp³-hybridized carbons (Fsp3) is 0.857. The molecule has 19 heavy (non-hydrogen) atoms. The van der Waals surface area contributed by atoms with Gasteiger partial charge in [0, 0.05) is 19.6 Å². The van der Waals surface area contributed by atoms with E-state index < -0.39 is 0 Å². The van der Waals surface area contributed by atoms with E-state index in [0.717, 1.165) is 38.8 Å². The summed E-state index contributed by atoms with van der Waals surface area (Å²) in [5, 5.41) is 5.83. The van der Waals surface area contributed by atoms with Crippen LogP contribution in [0.1, 0.15) is 46.0 Å². The molecule has 0 aromatic heterocycles. The topological polar surface area (TPSA) is 61.4 Å². The average Bonchev–Trinajstić information content (AvgIpc) is 2.45. The third-order valence-corrected chi connectivity index (χ3v) is 3.46. The van der Waals surface area contributed by atoms with E-state index in [9.17, 15) is 9.59 Å². The van der Waals surface area contributed by atoms with Gasteiger partial charge in [0.15, 0.2) is 0 Å². The first kappa shape index (κ1) is 16.0. The number of likely N-dealkylation sites (tertiary alicyclic amines) is 1. The number of hydrogen-bond donors (Lipinski definition) is 2. The van der Waals surface area contributed by atoms with E-state index in [-0.39, 0.29) is 24.4 Å². The summed E-state index contributed by atoms with van der Waals surface area (Å²) < 4.78 is 0. The Balaban J connectivity index is 2.20. The second kappa shape index (κ2) is 8.91. The van der Waals surface area contributed by atoms with E-state index in [1.165, 1.54) is 6.42 Å². The van der Waals surface area contributed by atoms with Gasteiger partial charge in [-0.15, -0.1) is 0 Å². The number of piperidine rings is 1. The molecule has 0 radical (unpaired) electrons. The monoisotopic (exact) mass is 269 g/mol. The van der Waals surface area contributed by atoms with Crippen LogP contribution in [-0.4, -0.2) is 48.9 Å². The Kier molecular flexibility index (Phi) is 7.48. The molecular weight excluding hydrogens is 242 g/mol. The number of amides is 2. The molecule has 1 unspecified atom stereocenters. The van der Waals surface area contributed by atoms with Crippen LogP contribution in [0, 0.1) is 0 Å². The normalized spacial score (nSPS) is 17.1. The number of rotatable bonds is 7. The van der Waals surface area contributed by atoms with Gasteiger partial charge >= 0.3 is 0 Å². The van der Waals surface area contributed by atoms with Gasteiger partial charge in [-0.1, -0.05) is 13.3 Å². The van der Waals surface area contributed by atoms with Crippen LogP contribution in [0.5, 0.6) is 0 Å². The molecule has 5 heteroatoms. The second-order valence-electron chi connectivity index (χ2n) is 5.19. The van der Waals surface area contributed by atoms with Crippen LogP contribution in [0.3, 0.4) is 0 Å².